The van der Waals surface area contributed by atoms with Crippen LogP contribution in [0.5, 0.6) is 0 Å². The molecule has 33 heavy (non-hydrogen) atoms. The van der Waals surface area contributed by atoms with Crippen LogP contribution >= 0.6 is 0 Å². The van der Waals surface area contributed by atoms with Crippen molar-refractivity contribution in [3.63, 3.8) is 0 Å². The van der Waals surface area contributed by atoms with Crippen molar-refractivity contribution >= 4 is 29.2 Å². The third-order valence-electron chi connectivity index (χ3n) is 6.22. The van der Waals surface area contributed by atoms with E-state index in [0.717, 1.165) is 31.4 Å². The molecule has 2 aromatic rings. The number of benzene rings is 2. The van der Waals surface area contributed by atoms with Crippen LogP contribution in [0.25, 0.3) is 0 Å². The number of nitrogens with zero attached hydrogens (tertiary/aromatic N) is 2. The molecule has 2 N–H and O–H groups in total. The molecule has 4 amide bonds. The van der Waals surface area contributed by atoms with Crippen LogP contribution in [0, 0.1) is 12.8 Å². The van der Waals surface area contributed by atoms with Gasteiger partial charge < -0.3 is 20.4 Å². The fraction of sp³-hybridized carbons (Fsp3) is 0.423. The Morgan fingerprint density at radius 1 is 1.06 bits per heavy atom. The van der Waals surface area contributed by atoms with E-state index < -0.39 is 6.03 Å². The lowest BCUT2D eigenvalue weighted by Crippen LogP contribution is -2.51. The van der Waals surface area contributed by atoms with Crippen LogP contribution in [0.3, 0.4) is 0 Å². The zero-order valence-electron chi connectivity index (χ0n) is 19.7. The van der Waals surface area contributed by atoms with Gasteiger partial charge in [-0.1, -0.05) is 43.7 Å². The summed E-state index contributed by atoms with van der Waals surface area (Å²) in [5.74, 6) is 0.0886. The van der Waals surface area contributed by atoms with Crippen molar-refractivity contribution in [1.82, 2.24) is 10.2 Å². The number of rotatable bonds is 7. The summed E-state index contributed by atoms with van der Waals surface area (Å²) in [5, 5.41) is 5.34. The first-order valence-electron chi connectivity index (χ1n) is 11.6. The first kappa shape index (κ1) is 24.3. The molecule has 1 saturated heterocycles. The minimum Gasteiger partial charge on any atom is -0.338 e. The van der Waals surface area contributed by atoms with Crippen LogP contribution in [0.1, 0.15) is 38.7 Å². The molecule has 7 nitrogen and oxygen atoms in total. The summed E-state index contributed by atoms with van der Waals surface area (Å²) in [6.07, 6.45) is 3.14. The number of hydrogen-bond donors (Lipinski definition) is 2. The van der Waals surface area contributed by atoms with Crippen molar-refractivity contribution in [2.24, 2.45) is 5.92 Å². The van der Waals surface area contributed by atoms with Gasteiger partial charge in [0.05, 0.1) is 6.54 Å². The highest BCUT2D eigenvalue weighted by Crippen LogP contribution is 2.25. The molecule has 1 fully saturated rings. The predicted molar refractivity (Wildman–Crippen MR) is 131 cm³/mol. The van der Waals surface area contributed by atoms with E-state index in [1.54, 1.807) is 18.2 Å². The first-order chi connectivity index (χ1) is 15.9. The summed E-state index contributed by atoms with van der Waals surface area (Å²) in [6, 6.07) is 16.2. The molecule has 0 aliphatic carbocycles. The molecule has 176 valence electrons. The maximum atomic E-state index is 13.2. The molecule has 0 saturated carbocycles. The lowest BCUT2D eigenvalue weighted by molar-refractivity contribution is -0.135. The van der Waals surface area contributed by atoms with E-state index in [1.165, 1.54) is 4.90 Å². The van der Waals surface area contributed by atoms with Gasteiger partial charge in [0.2, 0.25) is 11.8 Å². The van der Waals surface area contributed by atoms with Crippen LogP contribution in [0.4, 0.5) is 16.2 Å². The second kappa shape index (κ2) is 11.5. The molecule has 7 heteroatoms. The summed E-state index contributed by atoms with van der Waals surface area (Å²) in [5.41, 5.74) is 2.31. The molecule has 3 rings (SSSR count). The zero-order chi connectivity index (χ0) is 23.8. The molecule has 2 unspecified atom stereocenters. The highest BCUT2D eigenvalue weighted by Gasteiger charge is 2.30. The molecule has 0 bridgehead atoms. The van der Waals surface area contributed by atoms with Gasteiger partial charge in [0.15, 0.2) is 0 Å². The Balaban J connectivity index is 1.65. The van der Waals surface area contributed by atoms with E-state index in [-0.39, 0.29) is 30.9 Å². The Bertz CT molecular complexity index is 963. The molecule has 0 spiro atoms. The van der Waals surface area contributed by atoms with Crippen LogP contribution in [0.15, 0.2) is 54.6 Å². The zero-order valence-corrected chi connectivity index (χ0v) is 19.7. The Morgan fingerprint density at radius 3 is 2.52 bits per heavy atom. The third kappa shape index (κ3) is 6.81. The molecular weight excluding hydrogens is 416 g/mol. The number of hydrogen-bond acceptors (Lipinski definition) is 3. The lowest BCUT2D eigenvalue weighted by atomic mass is 9.91. The highest BCUT2D eigenvalue weighted by atomic mass is 16.2. The Hall–Kier alpha value is -3.35. The summed E-state index contributed by atoms with van der Waals surface area (Å²) in [7, 11) is 0. The molecular formula is C26H34N4O3. The maximum absolute atomic E-state index is 13.2. The minimum atomic E-state index is -0.469. The van der Waals surface area contributed by atoms with Crippen LogP contribution < -0.4 is 15.5 Å². The van der Waals surface area contributed by atoms with Crippen LogP contribution in [-0.4, -0.2) is 48.4 Å². The van der Waals surface area contributed by atoms with Crippen molar-refractivity contribution in [3.8, 4) is 0 Å². The predicted octanol–water partition coefficient (Wildman–Crippen LogP) is 4.19. The third-order valence-corrected chi connectivity index (χ3v) is 6.22. The molecule has 2 aromatic carbocycles. The van der Waals surface area contributed by atoms with E-state index >= 15 is 0 Å². The summed E-state index contributed by atoms with van der Waals surface area (Å²) >= 11 is 0. The van der Waals surface area contributed by atoms with Gasteiger partial charge in [0.1, 0.15) is 6.54 Å². The largest absolute Gasteiger partial charge is 0.338 e. The van der Waals surface area contributed by atoms with Crippen molar-refractivity contribution in [2.75, 3.05) is 29.9 Å². The smallest absolute Gasteiger partial charge is 0.319 e. The number of anilines is 2. The molecule has 0 aromatic heterocycles. The van der Waals surface area contributed by atoms with E-state index in [0.29, 0.717) is 17.3 Å². The highest BCUT2D eigenvalue weighted by molar-refractivity contribution is 6.02. The number of aryl methyl sites for hydroxylation is 1. The van der Waals surface area contributed by atoms with Crippen molar-refractivity contribution in [1.29, 1.82) is 0 Å². The van der Waals surface area contributed by atoms with E-state index in [9.17, 15) is 14.4 Å². The molecule has 2 atom stereocenters. The second-order valence-electron chi connectivity index (χ2n) is 8.74. The minimum absolute atomic E-state index is 0.0508. The topological polar surface area (TPSA) is 81.8 Å². The van der Waals surface area contributed by atoms with Gasteiger partial charge in [-0.05, 0) is 62.4 Å². The average molecular weight is 451 g/mol. The fourth-order valence-corrected chi connectivity index (χ4v) is 4.17. The van der Waals surface area contributed by atoms with Gasteiger partial charge in [-0.25, -0.2) is 4.79 Å². The monoisotopic (exact) mass is 450 g/mol. The second-order valence-corrected chi connectivity index (χ2v) is 8.74. The fourth-order valence-electron chi connectivity index (χ4n) is 4.17. The standard InChI is InChI=1S/C26H34N4O3/c1-4-21-14-13-20(3)29(17-21)25(32)18-30(23-11-6-5-7-12-23)24(31)16-27-26(33)28-22-10-8-9-19(2)15-22/h5-12,15,20-21H,4,13-14,16-18H2,1-3H3,(H2,27,28,33). The van der Waals surface area contributed by atoms with E-state index in [2.05, 4.69) is 24.5 Å². The van der Waals surface area contributed by atoms with E-state index in [1.807, 2.05) is 48.2 Å². The normalized spacial score (nSPS) is 17.8. The van der Waals surface area contributed by atoms with Gasteiger partial charge >= 0.3 is 6.03 Å². The number of carbonyl (C=O) groups excluding carboxylic acids is 3. The number of carbonyl (C=O) groups is 3. The molecule has 1 aliphatic rings. The molecule has 1 heterocycles. The van der Waals surface area contributed by atoms with Crippen molar-refractivity contribution in [3.05, 3.63) is 60.2 Å². The maximum Gasteiger partial charge on any atom is 0.319 e. The lowest BCUT2D eigenvalue weighted by Gasteiger charge is -2.39. The first-order valence-corrected chi connectivity index (χ1v) is 11.6. The van der Waals surface area contributed by atoms with Crippen LogP contribution in [0.2, 0.25) is 0 Å². The van der Waals surface area contributed by atoms with Crippen molar-refractivity contribution < 1.29 is 14.4 Å². The number of likely N-dealkylation sites (tertiary alicyclic amines) is 1. The molecule has 1 aliphatic heterocycles. The van der Waals surface area contributed by atoms with Gasteiger partial charge in [0.25, 0.3) is 0 Å². The van der Waals surface area contributed by atoms with Gasteiger partial charge in [0, 0.05) is 24.0 Å². The number of piperidine rings is 1. The molecule has 0 radical (unpaired) electrons. The van der Waals surface area contributed by atoms with Crippen molar-refractivity contribution in [2.45, 2.75) is 46.1 Å². The summed E-state index contributed by atoms with van der Waals surface area (Å²) in [4.78, 5) is 41.9. The Labute approximate surface area is 196 Å². The number of nitrogens with one attached hydrogen (secondary N) is 2. The van der Waals surface area contributed by atoms with E-state index in [4.69, 9.17) is 0 Å². The average Bonchev–Trinajstić information content (AvgIpc) is 2.81. The number of para-hydroxylation sites is 1. The van der Waals surface area contributed by atoms with Crippen LogP contribution in [-0.2, 0) is 9.59 Å². The quantitative estimate of drug-likeness (QED) is 0.664. The summed E-state index contributed by atoms with van der Waals surface area (Å²) < 4.78 is 0. The van der Waals surface area contributed by atoms with Gasteiger partial charge in [-0.15, -0.1) is 0 Å². The SMILES string of the molecule is CCC1CCC(C)N(C(=O)CN(C(=O)CNC(=O)Nc2cccc(C)c2)c2ccccc2)C1. The summed E-state index contributed by atoms with van der Waals surface area (Å²) in [6.45, 7) is 6.61. The van der Waals surface area contributed by atoms with Gasteiger partial charge in [-0.3, -0.25) is 9.59 Å². The Kier molecular flexibility index (Phi) is 8.46. The number of urea groups is 1. The number of amides is 4. The Morgan fingerprint density at radius 2 is 1.82 bits per heavy atom. The van der Waals surface area contributed by atoms with Gasteiger partial charge in [-0.2, -0.15) is 0 Å².